The van der Waals surface area contributed by atoms with Gasteiger partial charge in [-0.3, -0.25) is 34.2 Å². The number of amides is 2. The Bertz CT molecular complexity index is 952. The van der Waals surface area contributed by atoms with Crippen LogP contribution in [0.4, 0.5) is 5.69 Å². The molecule has 3 aliphatic rings. The lowest BCUT2D eigenvalue weighted by Gasteiger charge is -2.28. The van der Waals surface area contributed by atoms with Gasteiger partial charge in [0.1, 0.15) is 0 Å². The number of ether oxygens (including phenoxy) is 1. The van der Waals surface area contributed by atoms with E-state index in [4.69, 9.17) is 4.74 Å². The second kappa shape index (κ2) is 8.42. The minimum atomic E-state index is -0.726. The monoisotopic (exact) mass is 556 g/mol. The molecule has 31 heavy (non-hydrogen) atoms. The van der Waals surface area contributed by atoms with Crippen molar-refractivity contribution >= 4 is 61.1 Å². The molecule has 0 unspecified atom stereocenters. The zero-order valence-electron chi connectivity index (χ0n) is 16.1. The van der Waals surface area contributed by atoms with Crippen LogP contribution in [-0.4, -0.2) is 56.2 Å². The molecule has 9 nitrogen and oxygen atoms in total. The van der Waals surface area contributed by atoms with Gasteiger partial charge in [0.2, 0.25) is 17.6 Å². The van der Waals surface area contributed by atoms with Crippen LogP contribution in [0.5, 0.6) is 0 Å². The summed E-state index contributed by atoms with van der Waals surface area (Å²) in [6, 6.07) is 5.13. The van der Waals surface area contributed by atoms with Crippen LogP contribution in [0, 0.1) is 33.8 Å². The van der Waals surface area contributed by atoms with Crippen molar-refractivity contribution in [2.24, 2.45) is 23.7 Å². The van der Waals surface area contributed by atoms with Crippen LogP contribution in [0.2, 0.25) is 0 Å². The zero-order valence-corrected chi connectivity index (χ0v) is 19.3. The molecule has 1 aromatic rings. The smallest absolute Gasteiger partial charge is 0.308 e. The van der Waals surface area contributed by atoms with Crippen molar-refractivity contribution in [1.82, 2.24) is 4.90 Å². The molecule has 1 aromatic carbocycles. The Balaban J connectivity index is 1.30. The number of hydrogen-bond donors (Lipinski definition) is 0. The van der Waals surface area contributed by atoms with E-state index < -0.39 is 23.3 Å². The molecule has 2 bridgehead atoms. The van der Waals surface area contributed by atoms with Crippen molar-refractivity contribution in [3.63, 3.8) is 0 Å². The minimum Gasteiger partial charge on any atom is -0.457 e. The average Bonchev–Trinajstić information content (AvgIpc) is 3.35. The number of imide groups is 1. The van der Waals surface area contributed by atoms with Gasteiger partial charge in [-0.1, -0.05) is 44.0 Å². The maximum Gasteiger partial charge on any atom is 0.308 e. The van der Waals surface area contributed by atoms with Gasteiger partial charge in [-0.15, -0.1) is 0 Å². The molecule has 11 heteroatoms. The molecular formula is C20H18Br2N2O7. The molecule has 0 aromatic heterocycles. The predicted octanol–water partition coefficient (Wildman–Crippen LogP) is 2.49. The van der Waals surface area contributed by atoms with E-state index >= 15 is 0 Å². The quantitative estimate of drug-likeness (QED) is 0.126. The SMILES string of the molecule is O=C(CCN1C(=O)[C@H]2[C@@H]3C[C@@H]([C@H](Br)[C@@H]3Br)[C@@H]2C1=O)OCC(=O)c1cccc([N+](=O)[O-])c1. The van der Waals surface area contributed by atoms with E-state index in [1.807, 2.05) is 0 Å². The van der Waals surface area contributed by atoms with Crippen LogP contribution in [-0.2, 0) is 19.1 Å². The predicted molar refractivity (Wildman–Crippen MR) is 114 cm³/mol. The number of rotatable bonds is 7. The van der Waals surface area contributed by atoms with Gasteiger partial charge < -0.3 is 4.74 Å². The minimum absolute atomic E-state index is 0.0591. The van der Waals surface area contributed by atoms with Crippen molar-refractivity contribution in [2.75, 3.05) is 13.2 Å². The molecule has 0 spiro atoms. The number of non-ortho nitro benzene ring substituents is 1. The third-order valence-electron chi connectivity index (χ3n) is 6.36. The van der Waals surface area contributed by atoms with E-state index in [2.05, 4.69) is 31.9 Å². The van der Waals surface area contributed by atoms with Gasteiger partial charge in [0.25, 0.3) is 5.69 Å². The molecule has 1 saturated heterocycles. The molecule has 2 aliphatic carbocycles. The van der Waals surface area contributed by atoms with Crippen molar-refractivity contribution in [3.05, 3.63) is 39.9 Å². The zero-order chi connectivity index (χ0) is 22.4. The molecule has 2 saturated carbocycles. The molecule has 2 amide bonds. The number of nitro benzene ring substituents is 1. The van der Waals surface area contributed by atoms with Gasteiger partial charge in [0.15, 0.2) is 6.61 Å². The van der Waals surface area contributed by atoms with Gasteiger partial charge >= 0.3 is 5.97 Å². The van der Waals surface area contributed by atoms with E-state index in [-0.39, 0.29) is 69.4 Å². The number of hydrogen-bond acceptors (Lipinski definition) is 7. The number of halogens is 2. The fourth-order valence-electron chi connectivity index (χ4n) is 4.93. The molecular weight excluding hydrogens is 540 g/mol. The summed E-state index contributed by atoms with van der Waals surface area (Å²) in [6.07, 6.45) is 0.609. The highest BCUT2D eigenvalue weighted by molar-refractivity contribution is 9.12. The summed E-state index contributed by atoms with van der Waals surface area (Å²) in [5, 5.41) is 10.8. The number of nitro groups is 1. The largest absolute Gasteiger partial charge is 0.457 e. The molecule has 6 atom stereocenters. The molecule has 3 fully saturated rings. The number of ketones is 1. The van der Waals surface area contributed by atoms with E-state index in [9.17, 15) is 29.3 Å². The van der Waals surface area contributed by atoms with Crippen LogP contribution in [0.25, 0.3) is 0 Å². The fourth-order valence-corrected chi connectivity index (χ4v) is 6.80. The molecule has 164 valence electrons. The lowest BCUT2D eigenvalue weighted by molar-refractivity contribution is -0.384. The Morgan fingerprint density at radius 3 is 2.32 bits per heavy atom. The van der Waals surface area contributed by atoms with Crippen LogP contribution in [0.15, 0.2) is 24.3 Å². The van der Waals surface area contributed by atoms with Crippen LogP contribution < -0.4 is 0 Å². The van der Waals surface area contributed by atoms with Crippen molar-refractivity contribution in [3.8, 4) is 0 Å². The van der Waals surface area contributed by atoms with Gasteiger partial charge in [-0.2, -0.15) is 0 Å². The number of esters is 1. The topological polar surface area (TPSA) is 124 Å². The number of nitrogens with zero attached hydrogens (tertiary/aromatic N) is 2. The van der Waals surface area contributed by atoms with E-state index in [1.54, 1.807) is 0 Å². The third-order valence-corrected chi connectivity index (χ3v) is 9.57. The number of likely N-dealkylation sites (tertiary alicyclic amines) is 1. The van der Waals surface area contributed by atoms with Gasteiger partial charge in [-0.25, -0.2) is 0 Å². The van der Waals surface area contributed by atoms with E-state index in [0.717, 1.165) is 17.4 Å². The number of carbonyl (C=O) groups excluding carboxylic acids is 4. The molecule has 0 N–H and O–H groups in total. The number of fused-ring (bicyclic) bond motifs is 5. The lowest BCUT2D eigenvalue weighted by Crippen LogP contribution is -2.37. The highest BCUT2D eigenvalue weighted by atomic mass is 79.9. The third kappa shape index (κ3) is 3.82. The normalized spacial score (nSPS) is 31.1. The fraction of sp³-hybridized carbons (Fsp3) is 0.500. The maximum absolute atomic E-state index is 12.8. The first-order chi connectivity index (χ1) is 14.7. The first-order valence-corrected chi connectivity index (χ1v) is 11.6. The standard InChI is InChI=1S/C20H18Br2N2O7/c21-17-11-7-12(18(17)22)16-15(11)19(27)23(20(16)28)5-4-14(26)31-8-13(25)9-2-1-3-10(6-9)24(29)30/h1-3,6,11-12,15-18H,4-5,7-8H2/t11-,12+,15-,16-,17+,18-/m0/s1. The van der Waals surface area contributed by atoms with E-state index in [1.165, 1.54) is 18.2 Å². The lowest BCUT2D eigenvalue weighted by atomic mass is 9.81. The van der Waals surface area contributed by atoms with Gasteiger partial charge in [0, 0.05) is 33.9 Å². The Morgan fingerprint density at radius 2 is 1.74 bits per heavy atom. The highest BCUT2D eigenvalue weighted by Gasteiger charge is 2.66. The van der Waals surface area contributed by atoms with Crippen molar-refractivity contribution < 1.29 is 28.8 Å². The summed E-state index contributed by atoms with van der Waals surface area (Å²) < 4.78 is 4.95. The molecule has 0 radical (unpaired) electrons. The van der Waals surface area contributed by atoms with Crippen molar-refractivity contribution in [1.29, 1.82) is 0 Å². The summed E-state index contributed by atoms with van der Waals surface area (Å²) in [4.78, 5) is 61.4. The van der Waals surface area contributed by atoms with Crippen LogP contribution in [0.3, 0.4) is 0 Å². The first kappa shape index (κ1) is 22.1. The van der Waals surface area contributed by atoms with Crippen LogP contribution in [0.1, 0.15) is 23.2 Å². The van der Waals surface area contributed by atoms with Gasteiger partial charge in [-0.05, 0) is 18.3 Å². The Morgan fingerprint density at radius 1 is 1.13 bits per heavy atom. The van der Waals surface area contributed by atoms with Crippen molar-refractivity contribution in [2.45, 2.75) is 22.5 Å². The number of benzene rings is 1. The summed E-state index contributed by atoms with van der Waals surface area (Å²) in [5.41, 5.74) is -0.178. The molecule has 1 heterocycles. The summed E-state index contributed by atoms with van der Waals surface area (Å²) >= 11 is 7.24. The number of alkyl halides is 2. The first-order valence-electron chi connectivity index (χ1n) is 9.77. The molecule has 1 aliphatic heterocycles. The van der Waals surface area contributed by atoms with Gasteiger partial charge in [0.05, 0.1) is 23.2 Å². The summed E-state index contributed by atoms with van der Waals surface area (Å²) in [6.45, 7) is -0.665. The number of carbonyl (C=O) groups is 4. The summed E-state index contributed by atoms with van der Waals surface area (Å²) in [5.74, 6) is -2.29. The summed E-state index contributed by atoms with van der Waals surface area (Å²) in [7, 11) is 0. The Labute approximate surface area is 193 Å². The van der Waals surface area contributed by atoms with E-state index in [0.29, 0.717) is 0 Å². The number of Topliss-reactive ketones (excluding diaryl/α,β-unsaturated/α-hetero) is 1. The highest BCUT2D eigenvalue weighted by Crippen LogP contribution is 2.60. The second-order valence-corrected chi connectivity index (χ2v) is 10.1. The van der Waals surface area contributed by atoms with Crippen LogP contribution >= 0.6 is 31.9 Å². The molecule has 4 rings (SSSR count). The Kier molecular flexibility index (Phi) is 5.99. The second-order valence-electron chi connectivity index (χ2n) is 7.97. The Hall–Kier alpha value is -2.14. The average molecular weight is 558 g/mol. The maximum atomic E-state index is 12.8.